The predicted octanol–water partition coefficient (Wildman–Crippen LogP) is 3.74. The third-order valence-corrected chi connectivity index (χ3v) is 6.45. The van der Waals surface area contributed by atoms with Gasteiger partial charge in [-0.2, -0.15) is 0 Å². The lowest BCUT2D eigenvalue weighted by Crippen LogP contribution is -2.28. The van der Waals surface area contributed by atoms with Crippen molar-refractivity contribution in [2.45, 2.75) is 56.1 Å². The quantitative estimate of drug-likeness (QED) is 0.835. The lowest BCUT2D eigenvalue weighted by Gasteiger charge is -2.27. The van der Waals surface area contributed by atoms with Gasteiger partial charge in [0.1, 0.15) is 0 Å². The molecule has 0 aliphatic heterocycles. The minimum Gasteiger partial charge on any atom is -0.223 e. The van der Waals surface area contributed by atoms with Gasteiger partial charge in [-0.15, -0.1) is 0 Å². The molecule has 1 unspecified atom stereocenters. The number of aryl methyl sites for hydroxylation is 1. The fourth-order valence-corrected chi connectivity index (χ4v) is 4.52. The van der Waals surface area contributed by atoms with Crippen molar-refractivity contribution in [2.24, 2.45) is 5.92 Å². The van der Waals surface area contributed by atoms with Crippen molar-refractivity contribution in [3.63, 3.8) is 0 Å². The number of hydrogen-bond donors (Lipinski definition) is 0. The van der Waals surface area contributed by atoms with Crippen molar-refractivity contribution in [1.82, 2.24) is 0 Å². The lowest BCUT2D eigenvalue weighted by molar-refractivity contribution is 0.348. The molecular weight excluding hydrogens is 244 g/mol. The van der Waals surface area contributed by atoms with Gasteiger partial charge >= 0.3 is 0 Å². The van der Waals surface area contributed by atoms with Crippen molar-refractivity contribution >= 4 is 9.84 Å². The Morgan fingerprint density at radius 3 is 2.17 bits per heavy atom. The van der Waals surface area contributed by atoms with Crippen LogP contribution in [0, 0.1) is 12.8 Å². The Hall–Kier alpha value is -0.830. The van der Waals surface area contributed by atoms with E-state index in [9.17, 15) is 8.42 Å². The van der Waals surface area contributed by atoms with Crippen LogP contribution in [0.15, 0.2) is 29.2 Å². The van der Waals surface area contributed by atoms with Gasteiger partial charge in [-0.1, -0.05) is 37.0 Å². The van der Waals surface area contributed by atoms with Crippen molar-refractivity contribution in [1.29, 1.82) is 0 Å². The van der Waals surface area contributed by atoms with Gasteiger partial charge in [-0.3, -0.25) is 0 Å². The van der Waals surface area contributed by atoms with Crippen LogP contribution in [0.4, 0.5) is 0 Å². The molecule has 0 aromatic heterocycles. The maximum Gasteiger partial charge on any atom is 0.181 e. The van der Waals surface area contributed by atoms with Crippen LogP contribution in [-0.2, 0) is 9.84 Å². The van der Waals surface area contributed by atoms with Crippen molar-refractivity contribution < 1.29 is 8.42 Å². The molecule has 100 valence electrons. The standard InChI is InChI=1S/C15H22O2S/c1-12-8-10-15(11-9-12)18(16,17)13(2)14-6-4-3-5-7-14/h8-11,13-14H,3-7H2,1-2H3. The summed E-state index contributed by atoms with van der Waals surface area (Å²) in [6.07, 6.45) is 5.74. The molecule has 1 fully saturated rings. The second kappa shape index (κ2) is 5.43. The highest BCUT2D eigenvalue weighted by Crippen LogP contribution is 2.32. The first-order valence-electron chi connectivity index (χ1n) is 6.82. The molecule has 1 aromatic carbocycles. The smallest absolute Gasteiger partial charge is 0.181 e. The summed E-state index contributed by atoms with van der Waals surface area (Å²) in [4.78, 5) is 0.478. The van der Waals surface area contributed by atoms with Crippen LogP contribution < -0.4 is 0 Å². The molecule has 0 bridgehead atoms. The van der Waals surface area contributed by atoms with E-state index in [1.807, 2.05) is 26.0 Å². The second-order valence-corrected chi connectivity index (χ2v) is 7.77. The van der Waals surface area contributed by atoms with E-state index in [-0.39, 0.29) is 5.25 Å². The maximum atomic E-state index is 12.5. The van der Waals surface area contributed by atoms with Crippen LogP contribution >= 0.6 is 0 Å². The number of benzene rings is 1. The zero-order valence-corrected chi connectivity index (χ0v) is 12.0. The number of hydrogen-bond acceptors (Lipinski definition) is 2. The van der Waals surface area contributed by atoms with E-state index in [0.717, 1.165) is 18.4 Å². The molecule has 1 atom stereocenters. The Morgan fingerprint density at radius 1 is 1.06 bits per heavy atom. The van der Waals surface area contributed by atoms with E-state index in [2.05, 4.69) is 0 Å². The Labute approximate surface area is 110 Å². The number of sulfone groups is 1. The highest BCUT2D eigenvalue weighted by atomic mass is 32.2. The van der Waals surface area contributed by atoms with E-state index < -0.39 is 9.84 Å². The highest BCUT2D eigenvalue weighted by molar-refractivity contribution is 7.92. The van der Waals surface area contributed by atoms with Gasteiger partial charge in [0.2, 0.25) is 0 Å². The molecule has 1 aliphatic carbocycles. The fraction of sp³-hybridized carbons (Fsp3) is 0.600. The molecule has 0 spiro atoms. The third-order valence-electron chi connectivity index (χ3n) is 4.15. The summed E-state index contributed by atoms with van der Waals surface area (Å²) in [5, 5.41) is -0.250. The summed E-state index contributed by atoms with van der Waals surface area (Å²) in [6.45, 7) is 3.85. The molecule has 18 heavy (non-hydrogen) atoms. The summed E-state index contributed by atoms with van der Waals surface area (Å²) < 4.78 is 25.1. The molecule has 1 aliphatic rings. The van der Waals surface area contributed by atoms with Crippen molar-refractivity contribution in [3.05, 3.63) is 29.8 Å². The summed E-state index contributed by atoms with van der Waals surface area (Å²) >= 11 is 0. The first kappa shape index (κ1) is 13.6. The topological polar surface area (TPSA) is 34.1 Å². The van der Waals surface area contributed by atoms with E-state index in [1.165, 1.54) is 19.3 Å². The average Bonchev–Trinajstić information content (AvgIpc) is 2.39. The van der Waals surface area contributed by atoms with E-state index in [4.69, 9.17) is 0 Å². The largest absolute Gasteiger partial charge is 0.223 e. The minimum atomic E-state index is -3.16. The van der Waals surface area contributed by atoms with E-state index >= 15 is 0 Å². The Bertz CT molecular complexity index is 482. The van der Waals surface area contributed by atoms with Gasteiger partial charge in [0, 0.05) is 0 Å². The molecule has 0 saturated heterocycles. The molecular formula is C15H22O2S. The summed E-state index contributed by atoms with van der Waals surface area (Å²) in [7, 11) is -3.16. The van der Waals surface area contributed by atoms with Gasteiger partial charge in [0.05, 0.1) is 10.1 Å². The van der Waals surface area contributed by atoms with Crippen LogP contribution in [0.3, 0.4) is 0 Å². The Balaban J connectivity index is 2.21. The minimum absolute atomic E-state index is 0.250. The van der Waals surface area contributed by atoms with E-state index in [1.54, 1.807) is 12.1 Å². The van der Waals surface area contributed by atoms with Gasteiger partial charge in [0.15, 0.2) is 9.84 Å². The van der Waals surface area contributed by atoms with Crippen LogP contribution in [-0.4, -0.2) is 13.7 Å². The van der Waals surface area contributed by atoms with Crippen LogP contribution in [0.2, 0.25) is 0 Å². The molecule has 0 heterocycles. The summed E-state index contributed by atoms with van der Waals surface area (Å²) in [5.41, 5.74) is 1.10. The molecule has 0 N–H and O–H groups in total. The van der Waals surface area contributed by atoms with Gasteiger partial charge in [0.25, 0.3) is 0 Å². The molecule has 0 amide bonds. The zero-order valence-electron chi connectivity index (χ0n) is 11.2. The highest BCUT2D eigenvalue weighted by Gasteiger charge is 2.31. The first-order chi connectivity index (χ1) is 8.51. The molecule has 2 nitrogen and oxygen atoms in total. The number of rotatable bonds is 3. The molecule has 2 rings (SSSR count). The first-order valence-corrected chi connectivity index (χ1v) is 8.37. The van der Waals surface area contributed by atoms with Crippen molar-refractivity contribution in [3.8, 4) is 0 Å². The van der Waals surface area contributed by atoms with Crippen LogP contribution in [0.1, 0.15) is 44.6 Å². The molecule has 3 heteroatoms. The van der Waals surface area contributed by atoms with Crippen molar-refractivity contribution in [2.75, 3.05) is 0 Å². The van der Waals surface area contributed by atoms with Gasteiger partial charge < -0.3 is 0 Å². The van der Waals surface area contributed by atoms with Crippen LogP contribution in [0.5, 0.6) is 0 Å². The Kier molecular flexibility index (Phi) is 4.10. The predicted molar refractivity (Wildman–Crippen MR) is 74.4 cm³/mol. The fourth-order valence-electron chi connectivity index (χ4n) is 2.80. The normalized spacial score (nSPS) is 19.7. The monoisotopic (exact) mass is 266 g/mol. The van der Waals surface area contributed by atoms with Gasteiger partial charge in [-0.25, -0.2) is 8.42 Å². The molecule has 1 aromatic rings. The van der Waals surface area contributed by atoms with Gasteiger partial charge in [-0.05, 0) is 44.7 Å². The Morgan fingerprint density at radius 2 is 1.61 bits per heavy atom. The lowest BCUT2D eigenvalue weighted by atomic mass is 9.87. The zero-order chi connectivity index (χ0) is 13.2. The third kappa shape index (κ3) is 2.77. The summed E-state index contributed by atoms with van der Waals surface area (Å²) in [6, 6.07) is 7.23. The maximum absolute atomic E-state index is 12.5. The van der Waals surface area contributed by atoms with Crippen LogP contribution in [0.25, 0.3) is 0 Å². The molecule has 0 radical (unpaired) electrons. The molecule has 1 saturated carbocycles. The average molecular weight is 266 g/mol. The second-order valence-electron chi connectivity index (χ2n) is 5.46. The summed E-state index contributed by atoms with van der Waals surface area (Å²) in [5.74, 6) is 0.338. The SMILES string of the molecule is Cc1ccc(S(=O)(=O)C(C)C2CCCCC2)cc1. The van der Waals surface area contributed by atoms with E-state index in [0.29, 0.717) is 10.8 Å².